The van der Waals surface area contributed by atoms with Crippen molar-refractivity contribution in [2.45, 2.75) is 20.8 Å². The Morgan fingerprint density at radius 3 is 2.13 bits per heavy atom. The van der Waals surface area contributed by atoms with Crippen LogP contribution in [0.5, 0.6) is 0 Å². The van der Waals surface area contributed by atoms with Crippen LogP contribution in [0.25, 0.3) is 22.4 Å². The number of hydrogen-bond donors (Lipinski definition) is 0. The first-order valence-corrected chi connectivity index (χ1v) is 7.80. The number of aromatic nitrogens is 1. The number of benzene rings is 2. The van der Waals surface area contributed by atoms with Gasteiger partial charge >= 0.3 is 0 Å². The van der Waals surface area contributed by atoms with Gasteiger partial charge in [-0.05, 0) is 61.2 Å². The van der Waals surface area contributed by atoms with Gasteiger partial charge < -0.3 is 0 Å². The minimum absolute atomic E-state index is 0.206. The molecule has 0 aliphatic rings. The molecule has 0 aliphatic carbocycles. The fourth-order valence-electron chi connectivity index (χ4n) is 2.97. The third-order valence-electron chi connectivity index (χ3n) is 4.52. The molecule has 2 heteroatoms. The van der Waals surface area contributed by atoms with Crippen molar-refractivity contribution in [2.75, 3.05) is 0 Å². The van der Waals surface area contributed by atoms with E-state index in [0.717, 1.165) is 11.1 Å². The fourth-order valence-corrected chi connectivity index (χ4v) is 2.97. The quantitative estimate of drug-likeness (QED) is 0.592. The Morgan fingerprint density at radius 2 is 1.43 bits per heavy atom. The van der Waals surface area contributed by atoms with Gasteiger partial charge in [-0.1, -0.05) is 24.3 Å². The maximum absolute atomic E-state index is 13.2. The molecule has 3 rings (SSSR count). The number of aryl methyl sites for hydroxylation is 3. The van der Waals surface area contributed by atoms with E-state index in [-0.39, 0.29) is 5.82 Å². The number of pyridine rings is 1. The molecule has 0 radical (unpaired) electrons. The van der Waals surface area contributed by atoms with Gasteiger partial charge in [-0.25, -0.2) is 8.96 Å². The zero-order valence-electron chi connectivity index (χ0n) is 14.0. The molecule has 0 amide bonds. The Hall–Kier alpha value is -2.48. The van der Waals surface area contributed by atoms with Crippen molar-refractivity contribution in [1.29, 1.82) is 0 Å². The van der Waals surface area contributed by atoms with Gasteiger partial charge in [0.1, 0.15) is 12.9 Å². The first-order valence-electron chi connectivity index (χ1n) is 7.80. The summed E-state index contributed by atoms with van der Waals surface area (Å²) >= 11 is 0. The van der Waals surface area contributed by atoms with Crippen LogP contribution >= 0.6 is 0 Å². The highest BCUT2D eigenvalue weighted by Gasteiger charge is 2.18. The predicted octanol–water partition coefficient (Wildman–Crippen LogP) is 4.91. The second kappa shape index (κ2) is 5.96. The van der Waals surface area contributed by atoms with Crippen LogP contribution in [-0.4, -0.2) is 0 Å². The summed E-state index contributed by atoms with van der Waals surface area (Å²) in [6.07, 6.45) is 2.10. The van der Waals surface area contributed by atoms with Crippen LogP contribution in [0.3, 0.4) is 0 Å². The summed E-state index contributed by atoms with van der Waals surface area (Å²) in [6, 6.07) is 15.2. The number of hydrogen-bond acceptors (Lipinski definition) is 0. The van der Waals surface area contributed by atoms with Crippen LogP contribution in [-0.2, 0) is 7.05 Å². The van der Waals surface area contributed by atoms with Gasteiger partial charge in [0.05, 0.1) is 0 Å². The van der Waals surface area contributed by atoms with Crippen molar-refractivity contribution in [3.8, 4) is 22.4 Å². The molecule has 23 heavy (non-hydrogen) atoms. The third-order valence-corrected chi connectivity index (χ3v) is 4.52. The van der Waals surface area contributed by atoms with Crippen molar-refractivity contribution in [3.63, 3.8) is 0 Å². The molecular formula is C21H21FN+. The molecule has 0 N–H and O–H groups in total. The van der Waals surface area contributed by atoms with E-state index in [1.165, 1.54) is 40.1 Å². The summed E-state index contributed by atoms with van der Waals surface area (Å²) in [7, 11) is 2.08. The Labute approximate surface area is 137 Å². The molecule has 116 valence electrons. The second-order valence-electron chi connectivity index (χ2n) is 6.12. The highest BCUT2D eigenvalue weighted by molar-refractivity contribution is 5.74. The van der Waals surface area contributed by atoms with E-state index < -0.39 is 0 Å². The highest BCUT2D eigenvalue weighted by atomic mass is 19.1. The van der Waals surface area contributed by atoms with Gasteiger partial charge in [0.15, 0.2) is 6.20 Å². The summed E-state index contributed by atoms with van der Waals surface area (Å²) in [4.78, 5) is 0. The highest BCUT2D eigenvalue weighted by Crippen LogP contribution is 2.30. The van der Waals surface area contributed by atoms with Crippen LogP contribution in [0.1, 0.15) is 16.7 Å². The lowest BCUT2D eigenvalue weighted by Gasteiger charge is -2.11. The van der Waals surface area contributed by atoms with Crippen LogP contribution in [0.4, 0.5) is 4.39 Å². The molecule has 0 atom stereocenters. The van der Waals surface area contributed by atoms with Gasteiger partial charge in [-0.15, -0.1) is 0 Å². The molecule has 0 fully saturated rings. The van der Waals surface area contributed by atoms with Crippen molar-refractivity contribution >= 4 is 0 Å². The minimum atomic E-state index is -0.206. The molecule has 0 spiro atoms. The lowest BCUT2D eigenvalue weighted by Crippen LogP contribution is -2.32. The molecule has 0 saturated heterocycles. The summed E-state index contributed by atoms with van der Waals surface area (Å²) in [6.45, 7) is 6.43. The van der Waals surface area contributed by atoms with Gasteiger partial charge in [0.25, 0.3) is 0 Å². The maximum atomic E-state index is 13.2. The van der Waals surface area contributed by atoms with Crippen molar-refractivity contribution in [2.24, 2.45) is 7.05 Å². The molecular weight excluding hydrogens is 285 g/mol. The molecule has 1 nitrogen and oxygen atoms in total. The average molecular weight is 306 g/mol. The van der Waals surface area contributed by atoms with Crippen LogP contribution < -0.4 is 4.57 Å². The van der Waals surface area contributed by atoms with E-state index in [0.29, 0.717) is 0 Å². The topological polar surface area (TPSA) is 3.88 Å². The zero-order valence-corrected chi connectivity index (χ0v) is 14.0. The van der Waals surface area contributed by atoms with Gasteiger partial charge in [-0.3, -0.25) is 0 Å². The van der Waals surface area contributed by atoms with E-state index in [9.17, 15) is 4.39 Å². The van der Waals surface area contributed by atoms with E-state index in [1.807, 2.05) is 12.1 Å². The van der Waals surface area contributed by atoms with E-state index in [1.54, 1.807) is 0 Å². The largest absolute Gasteiger partial charge is 0.215 e. The normalized spacial score (nSPS) is 10.8. The van der Waals surface area contributed by atoms with Gasteiger partial charge in [-0.2, -0.15) is 0 Å². The summed E-state index contributed by atoms with van der Waals surface area (Å²) in [5.41, 5.74) is 8.38. The molecule has 0 unspecified atom stereocenters. The fraction of sp³-hybridized carbons (Fsp3) is 0.190. The summed E-state index contributed by atoms with van der Waals surface area (Å²) < 4.78 is 15.3. The molecule has 0 aliphatic heterocycles. The Balaban J connectivity index is 2.20. The Kier molecular flexibility index (Phi) is 3.99. The number of halogens is 1. The Bertz CT molecular complexity index is 864. The lowest BCUT2D eigenvalue weighted by molar-refractivity contribution is -0.660. The molecule has 1 aromatic heterocycles. The first-order chi connectivity index (χ1) is 11.0. The molecule has 1 heterocycles. The summed E-state index contributed by atoms with van der Waals surface area (Å²) in [5.74, 6) is -0.206. The van der Waals surface area contributed by atoms with Crippen LogP contribution in [0, 0.1) is 26.6 Å². The van der Waals surface area contributed by atoms with E-state index in [2.05, 4.69) is 62.8 Å². The number of nitrogens with zero attached hydrogens (tertiary/aromatic N) is 1. The standard InChI is InChI=1S/C21H21FN/c1-14-11-12-23(4)21(16(14)3)20-13-18(6-5-15(20)2)17-7-9-19(22)10-8-17/h5-13H,1-4H3/q+1. The molecule has 0 saturated carbocycles. The average Bonchev–Trinajstić information content (AvgIpc) is 2.54. The molecule has 0 bridgehead atoms. The summed E-state index contributed by atoms with van der Waals surface area (Å²) in [5, 5.41) is 0. The van der Waals surface area contributed by atoms with Crippen LogP contribution in [0.15, 0.2) is 54.7 Å². The molecule has 2 aromatic carbocycles. The first kappa shape index (κ1) is 15.4. The minimum Gasteiger partial charge on any atom is -0.207 e. The van der Waals surface area contributed by atoms with Gasteiger partial charge in [0, 0.05) is 17.2 Å². The van der Waals surface area contributed by atoms with Crippen molar-refractivity contribution in [3.05, 3.63) is 77.2 Å². The third kappa shape index (κ3) is 2.89. The predicted molar refractivity (Wildman–Crippen MR) is 92.7 cm³/mol. The van der Waals surface area contributed by atoms with Crippen LogP contribution in [0.2, 0.25) is 0 Å². The number of rotatable bonds is 2. The van der Waals surface area contributed by atoms with Gasteiger partial charge in [0.2, 0.25) is 5.69 Å². The smallest absolute Gasteiger partial charge is 0.207 e. The monoisotopic (exact) mass is 306 g/mol. The maximum Gasteiger partial charge on any atom is 0.215 e. The van der Waals surface area contributed by atoms with Crippen molar-refractivity contribution < 1.29 is 8.96 Å². The SMILES string of the molecule is Cc1ccc(-c2ccc(F)cc2)cc1-c1c(C)c(C)cc[n+]1C. The Morgan fingerprint density at radius 1 is 0.783 bits per heavy atom. The lowest BCUT2D eigenvalue weighted by atomic mass is 9.94. The molecule has 3 aromatic rings. The zero-order chi connectivity index (χ0) is 16.6. The van der Waals surface area contributed by atoms with Crippen molar-refractivity contribution in [1.82, 2.24) is 0 Å². The second-order valence-corrected chi connectivity index (χ2v) is 6.12. The van der Waals surface area contributed by atoms with E-state index in [4.69, 9.17) is 0 Å². The van der Waals surface area contributed by atoms with E-state index >= 15 is 0 Å².